The van der Waals surface area contributed by atoms with Crippen molar-refractivity contribution in [1.29, 1.82) is 0 Å². The van der Waals surface area contributed by atoms with Crippen LogP contribution in [0.15, 0.2) is 12.7 Å². The Morgan fingerprint density at radius 3 is 2.40 bits per heavy atom. The summed E-state index contributed by atoms with van der Waals surface area (Å²) in [5.74, 6) is 0. The zero-order valence-corrected chi connectivity index (χ0v) is 7.72. The molecule has 0 rings (SSSR count). The van der Waals surface area contributed by atoms with Crippen molar-refractivity contribution in [3.05, 3.63) is 12.7 Å². The van der Waals surface area contributed by atoms with Gasteiger partial charge in [-0.25, -0.2) is 0 Å². The highest BCUT2D eigenvalue weighted by Crippen LogP contribution is 2.02. The second-order valence-electron chi connectivity index (χ2n) is 1.96. The quantitative estimate of drug-likeness (QED) is 0.334. The van der Waals surface area contributed by atoms with E-state index in [9.17, 15) is 0 Å². The van der Waals surface area contributed by atoms with E-state index >= 15 is 0 Å². The van der Waals surface area contributed by atoms with Crippen LogP contribution in [0.2, 0.25) is 6.04 Å². The van der Waals surface area contributed by atoms with E-state index < -0.39 is 9.28 Å². The van der Waals surface area contributed by atoms with Crippen molar-refractivity contribution in [3.8, 4) is 0 Å². The highest BCUT2D eigenvalue weighted by Gasteiger charge is 2.09. The zero-order valence-electron chi connectivity index (χ0n) is 6.72. The molecule has 0 aliphatic heterocycles. The fourth-order valence-corrected chi connectivity index (χ4v) is 1.75. The summed E-state index contributed by atoms with van der Waals surface area (Å²) in [6.45, 7) is 3.64. The van der Waals surface area contributed by atoms with Gasteiger partial charge in [-0.2, -0.15) is 0 Å². The molecule has 0 aromatic rings. The largest absolute Gasteiger partial charge is 0.397 e. The third kappa shape index (κ3) is 4.73. The van der Waals surface area contributed by atoms with E-state index in [1.165, 1.54) is 0 Å². The van der Waals surface area contributed by atoms with Crippen LogP contribution in [-0.2, 0) is 8.85 Å². The lowest BCUT2D eigenvalue weighted by Gasteiger charge is -2.06. The fourth-order valence-electron chi connectivity index (χ4n) is 0.678. The molecule has 0 aromatic heterocycles. The first-order chi connectivity index (χ1) is 4.85. The predicted octanol–water partition coefficient (Wildman–Crippen LogP) is 1.73. The average Bonchev–Trinajstić information content (AvgIpc) is 1.99. The minimum absolute atomic E-state index is 0.944. The molecule has 10 heavy (non-hydrogen) atoms. The second kappa shape index (κ2) is 6.99. The van der Waals surface area contributed by atoms with Gasteiger partial charge >= 0.3 is 9.28 Å². The first kappa shape index (κ1) is 9.88. The molecule has 0 atom stereocenters. The molecule has 0 amide bonds. The number of hydrogen-bond acceptors (Lipinski definition) is 2. The van der Waals surface area contributed by atoms with Gasteiger partial charge in [-0.05, 0) is 18.9 Å². The number of hydrogen-bond donors (Lipinski definition) is 0. The summed E-state index contributed by atoms with van der Waals surface area (Å²) < 4.78 is 10.2. The third-order valence-electron chi connectivity index (χ3n) is 1.24. The monoisotopic (exact) mass is 159 g/mol. The van der Waals surface area contributed by atoms with E-state index in [0.717, 1.165) is 18.9 Å². The van der Waals surface area contributed by atoms with Crippen molar-refractivity contribution in [2.24, 2.45) is 0 Å². The van der Waals surface area contributed by atoms with E-state index in [0.29, 0.717) is 0 Å². The third-order valence-corrected chi connectivity index (χ3v) is 2.92. The van der Waals surface area contributed by atoms with Gasteiger partial charge in [0.1, 0.15) is 0 Å². The Hall–Kier alpha value is -0.123. The van der Waals surface area contributed by atoms with Crippen LogP contribution in [0.25, 0.3) is 0 Å². The van der Waals surface area contributed by atoms with Crippen LogP contribution in [0.1, 0.15) is 12.8 Å². The summed E-state index contributed by atoms with van der Waals surface area (Å²) in [5.41, 5.74) is 0. The Bertz CT molecular complexity index is 81.7. The lowest BCUT2D eigenvalue weighted by Crippen LogP contribution is -2.18. The smallest absolute Gasteiger partial charge is 0.384 e. The molecule has 0 bridgehead atoms. The summed E-state index contributed by atoms with van der Waals surface area (Å²) in [6, 6.07) is 1.05. The Morgan fingerprint density at radius 2 is 2.00 bits per heavy atom. The molecule has 2 nitrogen and oxygen atoms in total. The summed E-state index contributed by atoms with van der Waals surface area (Å²) in [6.07, 6.45) is 4.10. The Morgan fingerprint density at radius 1 is 1.40 bits per heavy atom. The van der Waals surface area contributed by atoms with Gasteiger partial charge in [0.25, 0.3) is 0 Å². The molecule has 0 aliphatic rings. The van der Waals surface area contributed by atoms with Crippen molar-refractivity contribution in [1.82, 2.24) is 0 Å². The minimum atomic E-state index is -0.944. The average molecular weight is 159 g/mol. The van der Waals surface area contributed by atoms with Gasteiger partial charge in [-0.1, -0.05) is 6.08 Å². The fraction of sp³-hybridized carbons (Fsp3) is 0.714. The molecule has 0 spiro atoms. The maximum Gasteiger partial charge on any atom is 0.384 e. The van der Waals surface area contributed by atoms with Crippen LogP contribution in [0.3, 0.4) is 0 Å². The van der Waals surface area contributed by atoms with E-state index in [4.69, 9.17) is 8.85 Å². The zero-order chi connectivity index (χ0) is 7.82. The summed E-state index contributed by atoms with van der Waals surface area (Å²) in [5, 5.41) is 0. The van der Waals surface area contributed by atoms with E-state index in [2.05, 4.69) is 6.58 Å². The molecular formula is C7H15O2Si. The molecular weight excluding hydrogens is 144 g/mol. The predicted molar refractivity (Wildman–Crippen MR) is 44.0 cm³/mol. The molecule has 0 aliphatic carbocycles. The van der Waals surface area contributed by atoms with Gasteiger partial charge in [-0.3, -0.25) is 0 Å². The topological polar surface area (TPSA) is 18.5 Å². The highest BCUT2D eigenvalue weighted by atomic mass is 28.3. The van der Waals surface area contributed by atoms with Crippen molar-refractivity contribution in [2.45, 2.75) is 18.9 Å². The van der Waals surface area contributed by atoms with Gasteiger partial charge in [-0.15, -0.1) is 6.58 Å². The van der Waals surface area contributed by atoms with Crippen molar-refractivity contribution in [3.63, 3.8) is 0 Å². The number of unbranched alkanes of at least 4 members (excludes halogenated alkanes) is 1. The molecule has 1 radical (unpaired) electrons. The van der Waals surface area contributed by atoms with Crippen LogP contribution >= 0.6 is 0 Å². The molecule has 0 heterocycles. The van der Waals surface area contributed by atoms with Gasteiger partial charge in [0.2, 0.25) is 0 Å². The summed E-state index contributed by atoms with van der Waals surface area (Å²) >= 11 is 0. The summed E-state index contributed by atoms with van der Waals surface area (Å²) in [4.78, 5) is 0. The van der Waals surface area contributed by atoms with Crippen molar-refractivity contribution < 1.29 is 8.85 Å². The normalized spacial score (nSPS) is 10.3. The van der Waals surface area contributed by atoms with E-state index in [-0.39, 0.29) is 0 Å². The molecule has 0 N–H and O–H groups in total. The van der Waals surface area contributed by atoms with Gasteiger partial charge < -0.3 is 8.85 Å². The van der Waals surface area contributed by atoms with Gasteiger partial charge in [0, 0.05) is 14.2 Å². The molecule has 0 aromatic carbocycles. The Balaban J connectivity index is 3.16. The molecule has 0 saturated heterocycles. The maximum atomic E-state index is 5.09. The minimum Gasteiger partial charge on any atom is -0.397 e. The lowest BCUT2D eigenvalue weighted by atomic mass is 10.3. The standard InChI is InChI=1S/C7H15O2Si/c1-4-5-6-7-10(8-2)9-3/h4H,1,5-7H2,2-3H3. The first-order valence-corrected chi connectivity index (χ1v) is 4.92. The number of allylic oxidation sites excluding steroid dienone is 1. The highest BCUT2D eigenvalue weighted by molar-refractivity contribution is 6.44. The first-order valence-electron chi connectivity index (χ1n) is 3.39. The maximum absolute atomic E-state index is 5.09. The lowest BCUT2D eigenvalue weighted by molar-refractivity contribution is 0.276. The van der Waals surface area contributed by atoms with Crippen molar-refractivity contribution in [2.75, 3.05) is 14.2 Å². The summed E-state index contributed by atoms with van der Waals surface area (Å²) in [7, 11) is 2.46. The molecule has 0 fully saturated rings. The molecule has 0 unspecified atom stereocenters. The Kier molecular flexibility index (Phi) is 6.90. The van der Waals surface area contributed by atoms with Crippen LogP contribution in [0, 0.1) is 0 Å². The molecule has 0 saturated carbocycles. The molecule has 59 valence electrons. The van der Waals surface area contributed by atoms with Crippen molar-refractivity contribution >= 4 is 9.28 Å². The Labute approximate surface area is 64.7 Å². The van der Waals surface area contributed by atoms with Crippen LogP contribution in [0.4, 0.5) is 0 Å². The van der Waals surface area contributed by atoms with E-state index in [1.807, 2.05) is 6.08 Å². The molecule has 3 heteroatoms. The van der Waals surface area contributed by atoms with E-state index in [1.54, 1.807) is 14.2 Å². The van der Waals surface area contributed by atoms with Crippen LogP contribution in [0.5, 0.6) is 0 Å². The van der Waals surface area contributed by atoms with Gasteiger partial charge in [0.15, 0.2) is 0 Å². The van der Waals surface area contributed by atoms with Crippen LogP contribution < -0.4 is 0 Å². The number of rotatable bonds is 6. The van der Waals surface area contributed by atoms with Gasteiger partial charge in [0.05, 0.1) is 0 Å². The van der Waals surface area contributed by atoms with Crippen LogP contribution in [-0.4, -0.2) is 23.5 Å². The second-order valence-corrected chi connectivity index (χ2v) is 4.02. The SMILES string of the molecule is C=CCCC[Si](OC)OC.